The average Bonchev–Trinajstić information content (AvgIpc) is 3.75. The summed E-state index contributed by atoms with van der Waals surface area (Å²) >= 11 is 0. The third-order valence-corrected chi connectivity index (χ3v) is 12.5. The van der Waals surface area contributed by atoms with E-state index >= 15 is 0 Å². The highest BCUT2D eigenvalue weighted by Crippen LogP contribution is 2.52. The topological polar surface area (TPSA) is 7.65 Å². The van der Waals surface area contributed by atoms with Gasteiger partial charge in [0.1, 0.15) is 0 Å². The fraction of sp³-hybridized carbons (Fsp3) is 0.132. The van der Waals surface area contributed by atoms with Crippen molar-refractivity contribution in [1.29, 1.82) is 0 Å². The van der Waals surface area contributed by atoms with Crippen LogP contribution in [-0.2, 0) is 5.41 Å². The number of para-hydroxylation sites is 2. The number of hydrogen-bond donors (Lipinski definition) is 0. The predicted molar refractivity (Wildman–Crippen MR) is 234 cm³/mol. The Morgan fingerprint density at radius 2 is 1.29 bits per heavy atom. The van der Waals surface area contributed by atoms with Crippen molar-refractivity contribution in [2.24, 2.45) is 5.92 Å². The Labute approximate surface area is 322 Å². The Balaban J connectivity index is 1.12. The minimum atomic E-state index is -0.113. The van der Waals surface area contributed by atoms with E-state index in [-0.39, 0.29) is 5.41 Å². The van der Waals surface area contributed by atoms with Crippen LogP contribution >= 0.6 is 0 Å². The Morgan fingerprint density at radius 3 is 2.16 bits per heavy atom. The zero-order valence-corrected chi connectivity index (χ0v) is 31.6. The normalized spacial score (nSPS) is 16.1. The molecular formula is C53H42N2. The molecule has 0 N–H and O–H groups in total. The van der Waals surface area contributed by atoms with Gasteiger partial charge in [-0.2, -0.15) is 0 Å². The zero-order chi connectivity index (χ0) is 36.8. The molecule has 2 aliphatic rings. The first kappa shape index (κ1) is 32.1. The van der Waals surface area contributed by atoms with Crippen LogP contribution in [0.3, 0.4) is 0 Å². The standard InChI is InChI=1S/C53H42N2/c1-34-12-9-15-36(23-22-34)38-26-30-41-45-33-40(29-31-46(45)53(2,3)47(41)32-38)54(39-27-24-37(25-28-39)35-13-5-4-6-14-35)49-20-11-21-50-51(49)44-18-10-17-43-42-16-7-8-19-48(42)55(50)52(43)44/h4-8,10-11,13-34H,9,12H2,1-3H3. The molecule has 0 fully saturated rings. The lowest BCUT2D eigenvalue weighted by Gasteiger charge is -2.28. The minimum Gasteiger partial charge on any atom is -0.310 e. The van der Waals surface area contributed by atoms with Gasteiger partial charge in [-0.25, -0.2) is 0 Å². The number of rotatable bonds is 5. The molecule has 2 aromatic heterocycles. The Kier molecular flexibility index (Phi) is 7.04. The van der Waals surface area contributed by atoms with Crippen molar-refractivity contribution in [2.45, 2.75) is 39.0 Å². The summed E-state index contributed by atoms with van der Waals surface area (Å²) < 4.78 is 2.48. The second-order valence-corrected chi connectivity index (χ2v) is 16.2. The van der Waals surface area contributed by atoms with E-state index in [0.29, 0.717) is 5.92 Å². The molecule has 9 aromatic rings. The van der Waals surface area contributed by atoms with E-state index in [1.165, 1.54) is 94.7 Å². The summed E-state index contributed by atoms with van der Waals surface area (Å²) in [5.74, 6) is 0.614. The number of fused-ring (bicyclic) bond motifs is 9. The molecule has 0 bridgehead atoms. The molecular weight excluding hydrogens is 665 g/mol. The van der Waals surface area contributed by atoms with Gasteiger partial charge in [0.25, 0.3) is 0 Å². The van der Waals surface area contributed by atoms with Crippen LogP contribution in [0.5, 0.6) is 0 Å². The Morgan fingerprint density at radius 1 is 0.582 bits per heavy atom. The van der Waals surface area contributed by atoms with E-state index in [9.17, 15) is 0 Å². The molecule has 2 heterocycles. The fourth-order valence-electron chi connectivity index (χ4n) is 9.72. The second kappa shape index (κ2) is 12.1. The van der Waals surface area contributed by atoms with Crippen molar-refractivity contribution >= 4 is 60.7 Å². The van der Waals surface area contributed by atoms with Crippen molar-refractivity contribution in [3.05, 3.63) is 187 Å². The van der Waals surface area contributed by atoms with Crippen LogP contribution in [0.1, 0.15) is 50.3 Å². The van der Waals surface area contributed by atoms with E-state index in [2.05, 4.69) is 200 Å². The SMILES string of the molecule is CC1C=CC(c2ccc3c(c2)C(C)(C)c2ccc(N(c4ccc(-c5ccccc5)cc4)c4cccc5c4c4cccc6c7ccccc7n5c64)cc2-3)=CCC1. The van der Waals surface area contributed by atoms with Gasteiger partial charge in [0.05, 0.1) is 22.2 Å². The summed E-state index contributed by atoms with van der Waals surface area (Å²) in [6.07, 6.45) is 9.47. The lowest BCUT2D eigenvalue weighted by atomic mass is 9.81. The maximum atomic E-state index is 2.49. The van der Waals surface area contributed by atoms with Crippen LogP contribution in [0.4, 0.5) is 17.1 Å². The molecule has 0 radical (unpaired) electrons. The van der Waals surface area contributed by atoms with Crippen molar-refractivity contribution < 1.29 is 0 Å². The molecule has 2 heteroatoms. The van der Waals surface area contributed by atoms with Crippen molar-refractivity contribution in [3.63, 3.8) is 0 Å². The van der Waals surface area contributed by atoms with E-state index in [1.807, 2.05) is 0 Å². The van der Waals surface area contributed by atoms with Crippen LogP contribution < -0.4 is 4.90 Å². The molecule has 7 aromatic carbocycles. The maximum Gasteiger partial charge on any atom is 0.0621 e. The third kappa shape index (κ3) is 4.80. The van der Waals surface area contributed by atoms with Gasteiger partial charge in [0.2, 0.25) is 0 Å². The highest BCUT2D eigenvalue weighted by atomic mass is 15.1. The van der Waals surface area contributed by atoms with Crippen molar-refractivity contribution in [3.8, 4) is 22.3 Å². The first-order valence-electron chi connectivity index (χ1n) is 19.8. The van der Waals surface area contributed by atoms with Gasteiger partial charge < -0.3 is 9.30 Å². The molecule has 0 spiro atoms. The first-order valence-corrected chi connectivity index (χ1v) is 19.8. The van der Waals surface area contributed by atoms with Crippen LogP contribution in [0.15, 0.2) is 170 Å². The molecule has 0 saturated heterocycles. The van der Waals surface area contributed by atoms with Gasteiger partial charge in [-0.3, -0.25) is 0 Å². The van der Waals surface area contributed by atoms with E-state index in [4.69, 9.17) is 0 Å². The summed E-state index contributed by atoms with van der Waals surface area (Å²) in [5, 5.41) is 5.15. The van der Waals surface area contributed by atoms with E-state index in [1.54, 1.807) is 0 Å². The number of hydrogen-bond acceptors (Lipinski definition) is 1. The molecule has 2 nitrogen and oxygen atoms in total. The number of anilines is 3. The summed E-state index contributed by atoms with van der Waals surface area (Å²) in [6.45, 7) is 7.10. The lowest BCUT2D eigenvalue weighted by molar-refractivity contribution is 0.660. The average molecular weight is 707 g/mol. The van der Waals surface area contributed by atoms with Gasteiger partial charge in [0, 0.05) is 38.3 Å². The predicted octanol–water partition coefficient (Wildman–Crippen LogP) is 14.6. The second-order valence-electron chi connectivity index (χ2n) is 16.2. The molecule has 1 unspecified atom stereocenters. The first-order chi connectivity index (χ1) is 27.0. The summed E-state index contributed by atoms with van der Waals surface area (Å²) in [5.41, 5.74) is 17.7. The molecule has 2 aliphatic carbocycles. The number of nitrogens with zero attached hydrogens (tertiary/aromatic N) is 2. The number of benzene rings is 7. The van der Waals surface area contributed by atoms with Gasteiger partial charge in [0.15, 0.2) is 0 Å². The third-order valence-electron chi connectivity index (χ3n) is 12.5. The lowest BCUT2D eigenvalue weighted by Crippen LogP contribution is -2.16. The van der Waals surface area contributed by atoms with Crippen LogP contribution in [0.25, 0.3) is 65.9 Å². The molecule has 0 amide bonds. The van der Waals surface area contributed by atoms with Crippen molar-refractivity contribution in [1.82, 2.24) is 4.40 Å². The highest BCUT2D eigenvalue weighted by Gasteiger charge is 2.36. The van der Waals surface area contributed by atoms with Crippen LogP contribution in [-0.4, -0.2) is 4.40 Å². The quantitative estimate of drug-likeness (QED) is 0.173. The zero-order valence-electron chi connectivity index (χ0n) is 31.6. The summed E-state index contributed by atoms with van der Waals surface area (Å²) in [4.78, 5) is 2.49. The van der Waals surface area contributed by atoms with Gasteiger partial charge >= 0.3 is 0 Å². The summed E-state index contributed by atoms with van der Waals surface area (Å²) in [7, 11) is 0. The van der Waals surface area contributed by atoms with Gasteiger partial charge in [-0.05, 0) is 112 Å². The van der Waals surface area contributed by atoms with Gasteiger partial charge in [-0.15, -0.1) is 0 Å². The number of aromatic nitrogens is 1. The highest BCUT2D eigenvalue weighted by molar-refractivity contribution is 6.26. The van der Waals surface area contributed by atoms with E-state index in [0.717, 1.165) is 17.8 Å². The maximum absolute atomic E-state index is 2.49. The molecule has 11 rings (SSSR count). The smallest absolute Gasteiger partial charge is 0.0621 e. The summed E-state index contributed by atoms with van der Waals surface area (Å²) in [6, 6.07) is 56.6. The molecule has 55 heavy (non-hydrogen) atoms. The van der Waals surface area contributed by atoms with Gasteiger partial charge in [-0.1, -0.05) is 142 Å². The monoisotopic (exact) mass is 706 g/mol. The molecule has 264 valence electrons. The largest absolute Gasteiger partial charge is 0.310 e. The fourth-order valence-corrected chi connectivity index (χ4v) is 9.72. The van der Waals surface area contributed by atoms with Crippen LogP contribution in [0, 0.1) is 5.92 Å². The molecule has 1 atom stereocenters. The minimum absolute atomic E-state index is 0.113. The van der Waals surface area contributed by atoms with E-state index < -0.39 is 0 Å². The Bertz CT molecular complexity index is 3010. The Hall–Kier alpha value is -6.38. The molecule has 0 saturated carbocycles. The van der Waals surface area contributed by atoms with Crippen molar-refractivity contribution in [2.75, 3.05) is 4.90 Å². The van der Waals surface area contributed by atoms with Crippen LogP contribution in [0.2, 0.25) is 0 Å². The molecule has 0 aliphatic heterocycles. The number of allylic oxidation sites excluding steroid dienone is 4.